The van der Waals surface area contributed by atoms with Gasteiger partial charge in [0, 0.05) is 12.6 Å². The molecule has 2 atom stereocenters. The maximum absolute atomic E-state index is 11.1. The molecule has 0 spiro atoms. The molecule has 0 radical (unpaired) electrons. The molecule has 1 saturated carbocycles. The van der Waals surface area contributed by atoms with Crippen LogP contribution in [0.25, 0.3) is 0 Å². The van der Waals surface area contributed by atoms with Gasteiger partial charge in [-0.1, -0.05) is 19.8 Å². The number of hydrogen-bond donors (Lipinski definition) is 1. The van der Waals surface area contributed by atoms with Crippen LogP contribution in [0.4, 0.5) is 0 Å². The summed E-state index contributed by atoms with van der Waals surface area (Å²) in [5.41, 5.74) is 0. The largest absolute Gasteiger partial charge is 0.466 e. The van der Waals surface area contributed by atoms with E-state index in [0.29, 0.717) is 19.1 Å². The lowest BCUT2D eigenvalue weighted by molar-refractivity contribution is -0.143. The SMILES string of the molecule is CCOC(=O)CCNC1CCCC(C)C1. The highest BCUT2D eigenvalue weighted by Gasteiger charge is 2.18. The van der Waals surface area contributed by atoms with Crippen LogP contribution in [-0.2, 0) is 9.53 Å². The number of nitrogens with one attached hydrogen (secondary N) is 1. The molecular weight excluding hydrogens is 190 g/mol. The second kappa shape index (κ2) is 6.83. The van der Waals surface area contributed by atoms with E-state index in [-0.39, 0.29) is 5.97 Å². The van der Waals surface area contributed by atoms with Crippen molar-refractivity contribution >= 4 is 5.97 Å². The van der Waals surface area contributed by atoms with E-state index in [1.54, 1.807) is 0 Å². The standard InChI is InChI=1S/C12H23NO2/c1-3-15-12(14)7-8-13-11-6-4-5-10(2)9-11/h10-11,13H,3-9H2,1-2H3. The first kappa shape index (κ1) is 12.5. The third-order valence-electron chi connectivity index (χ3n) is 3.00. The monoisotopic (exact) mass is 213 g/mol. The molecule has 1 rings (SSSR count). The Hall–Kier alpha value is -0.570. The Kier molecular flexibility index (Phi) is 5.69. The predicted molar refractivity (Wildman–Crippen MR) is 60.7 cm³/mol. The molecule has 1 fully saturated rings. The van der Waals surface area contributed by atoms with Crippen LogP contribution < -0.4 is 5.32 Å². The van der Waals surface area contributed by atoms with Gasteiger partial charge >= 0.3 is 5.97 Å². The van der Waals surface area contributed by atoms with Crippen molar-refractivity contribution in [2.75, 3.05) is 13.2 Å². The van der Waals surface area contributed by atoms with E-state index in [9.17, 15) is 4.79 Å². The van der Waals surface area contributed by atoms with E-state index in [0.717, 1.165) is 12.5 Å². The number of carbonyl (C=O) groups is 1. The van der Waals surface area contributed by atoms with Gasteiger partial charge in [0.1, 0.15) is 0 Å². The summed E-state index contributed by atoms with van der Waals surface area (Å²) in [6.45, 7) is 5.39. The van der Waals surface area contributed by atoms with Crippen LogP contribution in [0.15, 0.2) is 0 Å². The van der Waals surface area contributed by atoms with Gasteiger partial charge in [0.25, 0.3) is 0 Å². The van der Waals surface area contributed by atoms with E-state index < -0.39 is 0 Å². The Morgan fingerprint density at radius 2 is 2.27 bits per heavy atom. The molecule has 0 aliphatic heterocycles. The van der Waals surface area contributed by atoms with Crippen LogP contribution in [0.2, 0.25) is 0 Å². The third-order valence-corrected chi connectivity index (χ3v) is 3.00. The van der Waals surface area contributed by atoms with Gasteiger partial charge in [0.15, 0.2) is 0 Å². The Morgan fingerprint density at radius 1 is 1.47 bits per heavy atom. The molecule has 1 aliphatic rings. The molecule has 0 saturated heterocycles. The minimum absolute atomic E-state index is 0.0890. The van der Waals surface area contributed by atoms with Gasteiger partial charge in [-0.05, 0) is 25.7 Å². The summed E-state index contributed by atoms with van der Waals surface area (Å²) in [5, 5.41) is 3.44. The zero-order chi connectivity index (χ0) is 11.1. The maximum atomic E-state index is 11.1. The summed E-state index contributed by atoms with van der Waals surface area (Å²) in [7, 11) is 0. The summed E-state index contributed by atoms with van der Waals surface area (Å²) in [6.07, 6.45) is 5.68. The first-order valence-electron chi connectivity index (χ1n) is 6.11. The minimum Gasteiger partial charge on any atom is -0.466 e. The van der Waals surface area contributed by atoms with Crippen LogP contribution in [0.1, 0.15) is 46.0 Å². The maximum Gasteiger partial charge on any atom is 0.307 e. The molecule has 3 heteroatoms. The quantitative estimate of drug-likeness (QED) is 0.711. The number of hydrogen-bond acceptors (Lipinski definition) is 3. The second-order valence-corrected chi connectivity index (χ2v) is 4.48. The van der Waals surface area contributed by atoms with Gasteiger partial charge in [-0.15, -0.1) is 0 Å². The van der Waals surface area contributed by atoms with Crippen molar-refractivity contribution in [2.45, 2.75) is 52.0 Å². The smallest absolute Gasteiger partial charge is 0.307 e. The van der Waals surface area contributed by atoms with E-state index in [1.807, 2.05) is 6.92 Å². The molecule has 1 aliphatic carbocycles. The van der Waals surface area contributed by atoms with Gasteiger partial charge in [-0.2, -0.15) is 0 Å². The topological polar surface area (TPSA) is 38.3 Å². The lowest BCUT2D eigenvalue weighted by Crippen LogP contribution is -2.35. The predicted octanol–water partition coefficient (Wildman–Crippen LogP) is 2.11. The summed E-state index contributed by atoms with van der Waals surface area (Å²) in [6, 6.07) is 0.614. The van der Waals surface area contributed by atoms with Gasteiger partial charge in [0.2, 0.25) is 0 Å². The van der Waals surface area contributed by atoms with Gasteiger partial charge in [0.05, 0.1) is 13.0 Å². The van der Waals surface area contributed by atoms with Crippen LogP contribution in [-0.4, -0.2) is 25.2 Å². The molecule has 3 nitrogen and oxygen atoms in total. The van der Waals surface area contributed by atoms with Crippen molar-refractivity contribution in [3.63, 3.8) is 0 Å². The Bertz CT molecular complexity index is 194. The highest BCUT2D eigenvalue weighted by atomic mass is 16.5. The average molecular weight is 213 g/mol. The molecule has 88 valence electrons. The highest BCUT2D eigenvalue weighted by Crippen LogP contribution is 2.23. The third kappa shape index (κ3) is 5.17. The van der Waals surface area contributed by atoms with E-state index in [1.165, 1.54) is 25.7 Å². The van der Waals surface area contributed by atoms with Crippen molar-refractivity contribution in [1.82, 2.24) is 5.32 Å². The summed E-state index contributed by atoms with van der Waals surface area (Å²) >= 11 is 0. The van der Waals surface area contributed by atoms with Crippen molar-refractivity contribution in [3.05, 3.63) is 0 Å². The molecule has 0 aromatic heterocycles. The fourth-order valence-corrected chi connectivity index (χ4v) is 2.23. The highest BCUT2D eigenvalue weighted by molar-refractivity contribution is 5.69. The van der Waals surface area contributed by atoms with Gasteiger partial charge < -0.3 is 10.1 Å². The molecule has 1 N–H and O–H groups in total. The summed E-state index contributed by atoms with van der Waals surface area (Å²) in [4.78, 5) is 11.1. The van der Waals surface area contributed by atoms with E-state index in [4.69, 9.17) is 4.74 Å². The lowest BCUT2D eigenvalue weighted by Gasteiger charge is -2.27. The molecule has 0 bridgehead atoms. The molecule has 0 aromatic rings. The zero-order valence-corrected chi connectivity index (χ0v) is 9.92. The Morgan fingerprint density at radius 3 is 2.93 bits per heavy atom. The second-order valence-electron chi connectivity index (χ2n) is 4.48. The van der Waals surface area contributed by atoms with Crippen LogP contribution in [0.3, 0.4) is 0 Å². The fourth-order valence-electron chi connectivity index (χ4n) is 2.23. The van der Waals surface area contributed by atoms with E-state index in [2.05, 4.69) is 12.2 Å². The minimum atomic E-state index is -0.0890. The van der Waals surface area contributed by atoms with Crippen molar-refractivity contribution in [2.24, 2.45) is 5.92 Å². The van der Waals surface area contributed by atoms with Crippen molar-refractivity contribution < 1.29 is 9.53 Å². The van der Waals surface area contributed by atoms with Gasteiger partial charge in [-0.3, -0.25) is 4.79 Å². The molecule has 15 heavy (non-hydrogen) atoms. The molecule has 0 amide bonds. The first-order chi connectivity index (χ1) is 7.22. The van der Waals surface area contributed by atoms with Gasteiger partial charge in [-0.25, -0.2) is 0 Å². The van der Waals surface area contributed by atoms with Crippen LogP contribution in [0.5, 0.6) is 0 Å². The Labute approximate surface area is 92.6 Å². The fraction of sp³-hybridized carbons (Fsp3) is 0.917. The number of rotatable bonds is 5. The van der Waals surface area contributed by atoms with Crippen molar-refractivity contribution in [1.29, 1.82) is 0 Å². The normalized spacial score (nSPS) is 26.3. The van der Waals surface area contributed by atoms with E-state index >= 15 is 0 Å². The number of esters is 1. The van der Waals surface area contributed by atoms with Crippen LogP contribution >= 0.6 is 0 Å². The molecular formula is C12H23NO2. The van der Waals surface area contributed by atoms with Crippen molar-refractivity contribution in [3.8, 4) is 0 Å². The zero-order valence-electron chi connectivity index (χ0n) is 9.92. The van der Waals surface area contributed by atoms with Crippen LogP contribution in [0, 0.1) is 5.92 Å². The number of ether oxygens (including phenoxy) is 1. The first-order valence-corrected chi connectivity index (χ1v) is 6.11. The lowest BCUT2D eigenvalue weighted by atomic mass is 9.87. The molecule has 0 heterocycles. The number of carbonyl (C=O) groups excluding carboxylic acids is 1. The average Bonchev–Trinajstić information content (AvgIpc) is 2.18. The summed E-state index contributed by atoms with van der Waals surface area (Å²) in [5.74, 6) is 0.743. The molecule has 2 unspecified atom stereocenters. The Balaban J connectivity index is 2.06. The molecule has 0 aromatic carbocycles. The summed E-state index contributed by atoms with van der Waals surface area (Å²) < 4.78 is 4.87.